The Labute approximate surface area is 249 Å². The normalized spacial score (nSPS) is 11.7. The molecule has 0 fully saturated rings. The topological polar surface area (TPSA) is 0 Å². The Bertz CT molecular complexity index is 1820. The third kappa shape index (κ3) is 5.91. The first-order chi connectivity index (χ1) is 19.6. The van der Waals surface area contributed by atoms with Gasteiger partial charge in [0.05, 0.1) is 5.56 Å². The Morgan fingerprint density at radius 2 is 0.902 bits per heavy atom. The molecular formula is C36H23F4I. The molecule has 0 aromatic heterocycles. The Hall–Kier alpha value is -3.97. The predicted molar refractivity (Wildman–Crippen MR) is 168 cm³/mol. The lowest BCUT2D eigenvalue weighted by atomic mass is 9.92. The molecule has 0 spiro atoms. The summed E-state index contributed by atoms with van der Waals surface area (Å²) in [6, 6.07) is 37.2. The van der Waals surface area contributed by atoms with Gasteiger partial charge < -0.3 is 0 Å². The molecule has 0 nitrogen and oxygen atoms in total. The van der Waals surface area contributed by atoms with Crippen LogP contribution in [0.25, 0.3) is 55.3 Å². The molecule has 0 radical (unpaired) electrons. The van der Waals surface area contributed by atoms with Crippen LogP contribution in [0.15, 0.2) is 121 Å². The van der Waals surface area contributed by atoms with Crippen LogP contribution < -0.4 is 0 Å². The van der Waals surface area contributed by atoms with Crippen LogP contribution in [0.2, 0.25) is 0 Å². The molecule has 6 aromatic rings. The maximum atomic E-state index is 13.7. The van der Waals surface area contributed by atoms with Crippen molar-refractivity contribution in [2.24, 2.45) is 0 Å². The summed E-state index contributed by atoms with van der Waals surface area (Å²) in [4.78, 5) is 0. The number of benzene rings is 6. The van der Waals surface area contributed by atoms with E-state index in [2.05, 4.69) is 71.1 Å². The van der Waals surface area contributed by atoms with Gasteiger partial charge in [0, 0.05) is 3.57 Å². The van der Waals surface area contributed by atoms with Crippen molar-refractivity contribution in [1.29, 1.82) is 0 Å². The Morgan fingerprint density at radius 1 is 0.463 bits per heavy atom. The van der Waals surface area contributed by atoms with Crippen LogP contribution in [-0.4, -0.2) is 0 Å². The average Bonchev–Trinajstić information content (AvgIpc) is 2.96. The second-order valence-corrected chi connectivity index (χ2v) is 11.4. The van der Waals surface area contributed by atoms with Gasteiger partial charge in [-0.2, -0.15) is 13.2 Å². The van der Waals surface area contributed by atoms with E-state index in [0.29, 0.717) is 11.1 Å². The van der Waals surface area contributed by atoms with Gasteiger partial charge in [-0.25, -0.2) is 4.39 Å². The van der Waals surface area contributed by atoms with Crippen LogP contribution in [0.1, 0.15) is 11.1 Å². The first kappa shape index (κ1) is 27.2. The molecule has 0 bridgehead atoms. The second kappa shape index (κ2) is 10.8. The Balaban J connectivity index is 1.43. The molecular weight excluding hydrogens is 635 g/mol. The molecule has 0 aliphatic carbocycles. The van der Waals surface area contributed by atoms with E-state index in [0.717, 1.165) is 53.3 Å². The molecule has 5 heteroatoms. The van der Waals surface area contributed by atoms with Gasteiger partial charge in [0.1, 0.15) is 5.82 Å². The standard InChI is InChI=1S/C36H23F4I/c1-22-14-29(21-33(15-22)36(38,39)40)27-4-2-26-17-28(5-3-25(26)16-27)32-19-30(23-6-10-34(37)11-7-23)18-31(20-32)24-8-12-35(41)13-9-24/h2-21H,1H3. The highest BCUT2D eigenvalue weighted by atomic mass is 127. The maximum absolute atomic E-state index is 13.7. The zero-order chi connectivity index (χ0) is 28.7. The monoisotopic (exact) mass is 658 g/mol. The SMILES string of the molecule is Cc1cc(-c2ccc3cc(-c4cc(-c5ccc(F)cc5)cc(-c5ccc(I)cc5)c4)ccc3c2)cc(C(F)(F)F)c1. The first-order valence-corrected chi connectivity index (χ1v) is 14.1. The molecule has 0 amide bonds. The molecule has 6 rings (SSSR count). The Morgan fingerprint density at radius 3 is 1.41 bits per heavy atom. The molecule has 0 saturated carbocycles. The number of fused-ring (bicyclic) bond motifs is 1. The van der Waals surface area contributed by atoms with Gasteiger partial charge in [0.15, 0.2) is 0 Å². The van der Waals surface area contributed by atoms with Crippen LogP contribution in [-0.2, 0) is 6.18 Å². The van der Waals surface area contributed by atoms with E-state index in [1.165, 1.54) is 24.3 Å². The van der Waals surface area contributed by atoms with Gasteiger partial charge in [-0.15, -0.1) is 0 Å². The van der Waals surface area contributed by atoms with E-state index >= 15 is 0 Å². The predicted octanol–water partition coefficient (Wildman–Crippen LogP) is 11.6. The minimum absolute atomic E-state index is 0.281. The number of halogens is 5. The van der Waals surface area contributed by atoms with Gasteiger partial charge in [0.2, 0.25) is 0 Å². The van der Waals surface area contributed by atoms with Gasteiger partial charge in [-0.3, -0.25) is 0 Å². The third-order valence-electron chi connectivity index (χ3n) is 7.20. The molecule has 202 valence electrons. The summed E-state index contributed by atoms with van der Waals surface area (Å²) in [6.45, 7) is 1.68. The second-order valence-electron chi connectivity index (χ2n) is 10.2. The summed E-state index contributed by atoms with van der Waals surface area (Å²) < 4.78 is 55.0. The molecule has 0 aliphatic rings. The van der Waals surface area contributed by atoms with Crippen molar-refractivity contribution >= 4 is 33.4 Å². The first-order valence-electron chi connectivity index (χ1n) is 13.0. The van der Waals surface area contributed by atoms with E-state index < -0.39 is 11.7 Å². The van der Waals surface area contributed by atoms with Crippen molar-refractivity contribution < 1.29 is 17.6 Å². The van der Waals surface area contributed by atoms with E-state index in [9.17, 15) is 17.6 Å². The van der Waals surface area contributed by atoms with E-state index in [1.807, 2.05) is 30.3 Å². The highest BCUT2D eigenvalue weighted by Gasteiger charge is 2.31. The molecule has 0 atom stereocenters. The van der Waals surface area contributed by atoms with Crippen molar-refractivity contribution in [2.75, 3.05) is 0 Å². The summed E-state index contributed by atoms with van der Waals surface area (Å²) in [5, 5.41) is 1.92. The molecule has 41 heavy (non-hydrogen) atoms. The largest absolute Gasteiger partial charge is 0.416 e. The van der Waals surface area contributed by atoms with Gasteiger partial charge in [-0.1, -0.05) is 54.6 Å². The molecule has 6 aromatic carbocycles. The van der Waals surface area contributed by atoms with Crippen LogP contribution in [0.5, 0.6) is 0 Å². The lowest BCUT2D eigenvalue weighted by Gasteiger charge is -2.13. The van der Waals surface area contributed by atoms with Crippen molar-refractivity contribution in [2.45, 2.75) is 13.1 Å². The summed E-state index contributed by atoms with van der Waals surface area (Å²) in [5.41, 5.74) is 7.24. The van der Waals surface area contributed by atoms with Crippen molar-refractivity contribution in [3.05, 3.63) is 142 Å². The molecule has 0 unspecified atom stereocenters. The third-order valence-corrected chi connectivity index (χ3v) is 7.92. The van der Waals surface area contributed by atoms with Crippen LogP contribution in [0.4, 0.5) is 17.6 Å². The fourth-order valence-corrected chi connectivity index (χ4v) is 5.49. The van der Waals surface area contributed by atoms with Gasteiger partial charge >= 0.3 is 6.18 Å². The lowest BCUT2D eigenvalue weighted by molar-refractivity contribution is -0.137. The maximum Gasteiger partial charge on any atom is 0.416 e. The van der Waals surface area contributed by atoms with Crippen molar-refractivity contribution in [1.82, 2.24) is 0 Å². The quantitative estimate of drug-likeness (QED) is 0.131. The summed E-state index contributed by atoms with van der Waals surface area (Å²) in [6.07, 6.45) is -4.40. The van der Waals surface area contributed by atoms with Crippen molar-refractivity contribution in [3.8, 4) is 44.5 Å². The molecule has 0 heterocycles. The summed E-state index contributed by atoms with van der Waals surface area (Å²) in [5.74, 6) is -0.281. The van der Waals surface area contributed by atoms with Crippen LogP contribution in [0, 0.1) is 16.3 Å². The summed E-state index contributed by atoms with van der Waals surface area (Å²) >= 11 is 2.29. The lowest BCUT2D eigenvalue weighted by Crippen LogP contribution is -2.05. The molecule has 0 aliphatic heterocycles. The van der Waals surface area contributed by atoms with Crippen molar-refractivity contribution in [3.63, 3.8) is 0 Å². The zero-order valence-corrected chi connectivity index (χ0v) is 24.1. The smallest absolute Gasteiger partial charge is 0.207 e. The van der Waals surface area contributed by atoms with Crippen LogP contribution in [0.3, 0.4) is 0 Å². The zero-order valence-electron chi connectivity index (χ0n) is 21.9. The number of rotatable bonds is 4. The van der Waals surface area contributed by atoms with E-state index in [1.54, 1.807) is 25.1 Å². The minimum atomic E-state index is -4.40. The minimum Gasteiger partial charge on any atom is -0.207 e. The number of alkyl halides is 3. The number of aryl methyl sites for hydroxylation is 1. The van der Waals surface area contributed by atoms with Gasteiger partial charge in [-0.05, 0) is 157 Å². The van der Waals surface area contributed by atoms with Gasteiger partial charge in [0.25, 0.3) is 0 Å². The summed E-state index contributed by atoms with van der Waals surface area (Å²) in [7, 11) is 0. The highest BCUT2D eigenvalue weighted by molar-refractivity contribution is 14.1. The van der Waals surface area contributed by atoms with Crippen LogP contribution >= 0.6 is 22.6 Å². The molecule has 0 saturated heterocycles. The van der Waals surface area contributed by atoms with E-state index in [-0.39, 0.29) is 5.82 Å². The number of hydrogen-bond acceptors (Lipinski definition) is 0. The average molecular weight is 658 g/mol. The fraction of sp³-hybridized carbons (Fsp3) is 0.0556. The number of hydrogen-bond donors (Lipinski definition) is 0. The fourth-order valence-electron chi connectivity index (χ4n) is 5.13. The Kier molecular flexibility index (Phi) is 7.16. The van der Waals surface area contributed by atoms with E-state index in [4.69, 9.17) is 0 Å². The highest BCUT2D eigenvalue weighted by Crippen LogP contribution is 2.37. The molecule has 0 N–H and O–H groups in total.